The van der Waals surface area contributed by atoms with Crippen LogP contribution in [0.5, 0.6) is 0 Å². The van der Waals surface area contributed by atoms with Gasteiger partial charge in [-0.1, -0.05) is 87.1 Å². The van der Waals surface area contributed by atoms with Gasteiger partial charge in [0.25, 0.3) is 0 Å². The first-order valence-electron chi connectivity index (χ1n) is 11.0. The monoisotopic (exact) mass is 454 g/mol. The van der Waals surface area contributed by atoms with Crippen LogP contribution in [0.2, 0.25) is 0 Å². The van der Waals surface area contributed by atoms with Gasteiger partial charge in [-0.15, -0.1) is 10.2 Å². The van der Waals surface area contributed by atoms with Crippen molar-refractivity contribution in [1.82, 2.24) is 29.1 Å². The van der Waals surface area contributed by atoms with Crippen molar-refractivity contribution < 1.29 is 0 Å². The molecule has 0 N–H and O–H groups in total. The first-order valence-corrected chi connectivity index (χ1v) is 12.0. The quantitative estimate of drug-likeness (QED) is 0.311. The van der Waals surface area contributed by atoms with E-state index in [1.54, 1.807) is 18.0 Å². The molecular weight excluding hydrogens is 428 g/mol. The van der Waals surface area contributed by atoms with Crippen molar-refractivity contribution >= 4 is 17.5 Å². The highest BCUT2D eigenvalue weighted by Crippen LogP contribution is 2.29. The molecule has 5 rings (SSSR count). The summed E-state index contributed by atoms with van der Waals surface area (Å²) in [5.74, 6) is 2.27. The third-order valence-electron chi connectivity index (χ3n) is 5.54. The predicted octanol–water partition coefficient (Wildman–Crippen LogP) is 5.63. The second kappa shape index (κ2) is 8.83. The number of fused-ring (bicyclic) bond motifs is 1. The van der Waals surface area contributed by atoms with Gasteiger partial charge < -0.3 is 0 Å². The summed E-state index contributed by atoms with van der Waals surface area (Å²) in [6.45, 7) is 7.38. The number of hydrogen-bond donors (Lipinski definition) is 0. The predicted molar refractivity (Wildman–Crippen MR) is 132 cm³/mol. The van der Waals surface area contributed by atoms with Crippen LogP contribution < -0.4 is 0 Å². The molecule has 0 atom stereocenters. The van der Waals surface area contributed by atoms with Crippen molar-refractivity contribution in [2.75, 3.05) is 0 Å². The van der Waals surface area contributed by atoms with Gasteiger partial charge in [0.1, 0.15) is 0 Å². The minimum absolute atomic E-state index is 0.111. The lowest BCUT2D eigenvalue weighted by Crippen LogP contribution is -2.10. The molecule has 0 spiro atoms. The van der Waals surface area contributed by atoms with Crippen LogP contribution in [0.15, 0.2) is 84.4 Å². The summed E-state index contributed by atoms with van der Waals surface area (Å²) in [6, 6.07) is 21.0. The van der Waals surface area contributed by atoms with Gasteiger partial charge in [0, 0.05) is 29.9 Å². The summed E-state index contributed by atoms with van der Waals surface area (Å²) in [7, 11) is 0. The van der Waals surface area contributed by atoms with Gasteiger partial charge >= 0.3 is 0 Å². The lowest BCUT2D eigenvalue weighted by molar-refractivity contribution is 0.590. The van der Waals surface area contributed by atoms with E-state index < -0.39 is 0 Å². The summed E-state index contributed by atoms with van der Waals surface area (Å²) >= 11 is 1.64. The van der Waals surface area contributed by atoms with Gasteiger partial charge in [0.05, 0.1) is 12.2 Å². The van der Waals surface area contributed by atoms with E-state index in [0.717, 1.165) is 22.2 Å². The number of imidazole rings is 1. The number of nitrogens with zero attached hydrogens (tertiary/aromatic N) is 6. The molecule has 0 bridgehead atoms. The van der Waals surface area contributed by atoms with Crippen LogP contribution in [0.25, 0.3) is 17.2 Å². The van der Waals surface area contributed by atoms with Crippen molar-refractivity contribution in [3.05, 3.63) is 96.1 Å². The molecule has 7 heteroatoms. The second-order valence-corrected chi connectivity index (χ2v) is 10.00. The first-order chi connectivity index (χ1) is 16.0. The van der Waals surface area contributed by atoms with Gasteiger partial charge in [-0.05, 0) is 22.6 Å². The van der Waals surface area contributed by atoms with Crippen molar-refractivity contribution in [1.29, 1.82) is 0 Å². The maximum atomic E-state index is 4.61. The summed E-state index contributed by atoms with van der Waals surface area (Å²) in [5.41, 5.74) is 4.65. The summed E-state index contributed by atoms with van der Waals surface area (Å²) in [4.78, 5) is 8.92. The van der Waals surface area contributed by atoms with Gasteiger partial charge in [0.2, 0.25) is 5.78 Å². The fourth-order valence-corrected chi connectivity index (χ4v) is 4.55. The summed E-state index contributed by atoms with van der Waals surface area (Å²) in [6.07, 6.45) is 5.73. The zero-order valence-corrected chi connectivity index (χ0v) is 19.8. The normalized spacial score (nSPS) is 11.8. The number of benzene rings is 2. The molecule has 3 aromatic heterocycles. The third kappa shape index (κ3) is 4.68. The van der Waals surface area contributed by atoms with Crippen LogP contribution in [0, 0.1) is 0 Å². The fourth-order valence-electron chi connectivity index (χ4n) is 3.72. The summed E-state index contributed by atoms with van der Waals surface area (Å²) in [5, 5.41) is 10.0. The molecule has 0 aliphatic heterocycles. The lowest BCUT2D eigenvalue weighted by atomic mass is 9.87. The van der Waals surface area contributed by atoms with E-state index >= 15 is 0 Å². The Labute approximate surface area is 197 Å². The highest BCUT2D eigenvalue weighted by molar-refractivity contribution is 7.98. The molecule has 0 radical (unpaired) electrons. The van der Waals surface area contributed by atoms with E-state index in [2.05, 4.69) is 94.0 Å². The van der Waals surface area contributed by atoms with E-state index in [-0.39, 0.29) is 5.41 Å². The Kier molecular flexibility index (Phi) is 5.72. The molecule has 0 unspecified atom stereocenters. The first kappa shape index (κ1) is 21.4. The lowest BCUT2D eigenvalue weighted by Gasteiger charge is -2.19. The molecule has 3 heterocycles. The van der Waals surface area contributed by atoms with E-state index in [1.165, 1.54) is 11.1 Å². The number of thioether (sulfide) groups is 1. The maximum absolute atomic E-state index is 4.61. The smallest absolute Gasteiger partial charge is 0.233 e. The molecule has 166 valence electrons. The van der Waals surface area contributed by atoms with Gasteiger partial charge in [-0.25, -0.2) is 9.97 Å². The standard InChI is InChI=1S/C26H26N6S/c1-26(2,3)21-12-10-20(11-13-21)23-29-30-25(32(23)16-19-8-5-4-6-9-19)33-18-22-17-31-15-7-14-27-24(31)28-22/h4-15,17H,16,18H2,1-3H3. The molecular formula is C26H26N6S. The van der Waals surface area contributed by atoms with Crippen LogP contribution in [0.3, 0.4) is 0 Å². The second-order valence-electron chi connectivity index (χ2n) is 9.05. The van der Waals surface area contributed by atoms with Gasteiger partial charge in [0.15, 0.2) is 11.0 Å². The molecule has 0 fully saturated rings. The van der Waals surface area contributed by atoms with Crippen molar-refractivity contribution in [3.8, 4) is 11.4 Å². The molecule has 5 aromatic rings. The van der Waals surface area contributed by atoms with Crippen molar-refractivity contribution in [2.45, 2.75) is 43.6 Å². The Balaban J connectivity index is 1.46. The largest absolute Gasteiger partial charge is 0.298 e. The number of rotatable bonds is 6. The van der Waals surface area contributed by atoms with Crippen LogP contribution in [0.4, 0.5) is 0 Å². The molecule has 0 saturated heterocycles. The van der Waals surface area contributed by atoms with Crippen molar-refractivity contribution in [2.24, 2.45) is 0 Å². The molecule has 0 saturated carbocycles. The average molecular weight is 455 g/mol. The van der Waals surface area contributed by atoms with Gasteiger partial charge in [-0.3, -0.25) is 8.97 Å². The minimum Gasteiger partial charge on any atom is -0.298 e. The number of aromatic nitrogens is 6. The van der Waals surface area contributed by atoms with E-state index in [0.29, 0.717) is 18.1 Å². The molecule has 0 aliphatic rings. The average Bonchev–Trinajstić information content (AvgIpc) is 3.41. The van der Waals surface area contributed by atoms with Crippen molar-refractivity contribution in [3.63, 3.8) is 0 Å². The third-order valence-corrected chi connectivity index (χ3v) is 6.54. The Morgan fingerprint density at radius 3 is 2.42 bits per heavy atom. The van der Waals surface area contributed by atoms with E-state index in [1.807, 2.05) is 28.9 Å². The highest BCUT2D eigenvalue weighted by Gasteiger charge is 2.18. The summed E-state index contributed by atoms with van der Waals surface area (Å²) < 4.78 is 4.13. The maximum Gasteiger partial charge on any atom is 0.233 e. The molecule has 33 heavy (non-hydrogen) atoms. The molecule has 6 nitrogen and oxygen atoms in total. The zero-order chi connectivity index (χ0) is 22.8. The topological polar surface area (TPSA) is 60.9 Å². The molecule has 0 amide bonds. The molecule has 2 aromatic carbocycles. The fraction of sp³-hybridized carbons (Fsp3) is 0.231. The highest BCUT2D eigenvalue weighted by atomic mass is 32.2. The van der Waals surface area contributed by atoms with Crippen LogP contribution >= 0.6 is 11.8 Å². The SMILES string of the molecule is CC(C)(C)c1ccc(-c2nnc(SCc3cn4cccnc4n3)n2Cc2ccccc2)cc1. The van der Waals surface area contributed by atoms with Crippen LogP contribution in [0.1, 0.15) is 37.6 Å². The van der Waals surface area contributed by atoms with E-state index in [9.17, 15) is 0 Å². The Hall–Kier alpha value is -3.45. The Morgan fingerprint density at radius 2 is 1.70 bits per heavy atom. The van der Waals surface area contributed by atoms with Gasteiger partial charge in [-0.2, -0.15) is 0 Å². The minimum atomic E-state index is 0.111. The van der Waals surface area contributed by atoms with E-state index in [4.69, 9.17) is 0 Å². The Bertz CT molecular complexity index is 1330. The van der Waals surface area contributed by atoms with Crippen LogP contribution in [-0.2, 0) is 17.7 Å². The zero-order valence-electron chi connectivity index (χ0n) is 19.0. The van der Waals surface area contributed by atoms with Crippen LogP contribution in [-0.4, -0.2) is 29.1 Å². The number of hydrogen-bond acceptors (Lipinski definition) is 5. The Morgan fingerprint density at radius 1 is 0.909 bits per heavy atom. The molecule has 0 aliphatic carbocycles.